The second-order valence-corrected chi connectivity index (χ2v) is 5.12. The minimum absolute atomic E-state index is 0.0357. The smallest absolute Gasteiger partial charge is 0.274 e. The zero-order chi connectivity index (χ0) is 14.3. The van der Waals surface area contributed by atoms with Gasteiger partial charge < -0.3 is 0 Å². The minimum Gasteiger partial charge on any atom is -0.289 e. The van der Waals surface area contributed by atoms with Crippen LogP contribution in [0.3, 0.4) is 0 Å². The highest BCUT2D eigenvalue weighted by Crippen LogP contribution is 2.28. The first-order valence-corrected chi connectivity index (χ1v) is 6.67. The molecule has 0 aliphatic carbocycles. The molecule has 0 fully saturated rings. The number of nitro groups is 1. The van der Waals surface area contributed by atoms with Crippen LogP contribution in [0.2, 0.25) is 0 Å². The van der Waals surface area contributed by atoms with Gasteiger partial charge in [0, 0.05) is 34.8 Å². The summed E-state index contributed by atoms with van der Waals surface area (Å²) < 4.78 is 1.82. The van der Waals surface area contributed by atoms with E-state index in [1.165, 1.54) is 29.5 Å². The van der Waals surface area contributed by atoms with Gasteiger partial charge in [-0.05, 0) is 6.92 Å². The van der Waals surface area contributed by atoms with Crippen molar-refractivity contribution in [1.29, 1.82) is 0 Å². The van der Waals surface area contributed by atoms with Crippen LogP contribution in [0.1, 0.15) is 5.69 Å². The van der Waals surface area contributed by atoms with E-state index in [0.29, 0.717) is 4.96 Å². The molecule has 0 saturated carbocycles. The fourth-order valence-corrected chi connectivity index (χ4v) is 3.03. The van der Waals surface area contributed by atoms with Crippen molar-refractivity contribution in [2.45, 2.75) is 6.92 Å². The summed E-state index contributed by atoms with van der Waals surface area (Å²) >= 11 is 1.33. The van der Waals surface area contributed by atoms with Crippen LogP contribution in [0, 0.1) is 17.0 Å². The van der Waals surface area contributed by atoms with Crippen LogP contribution in [0.15, 0.2) is 40.5 Å². The molecule has 0 N–H and O–H groups in total. The van der Waals surface area contributed by atoms with E-state index in [-0.39, 0.29) is 11.2 Å². The van der Waals surface area contributed by atoms with Gasteiger partial charge in [-0.1, -0.05) is 12.1 Å². The molecule has 3 aromatic rings. The summed E-state index contributed by atoms with van der Waals surface area (Å²) in [7, 11) is 0. The molecule has 20 heavy (non-hydrogen) atoms. The van der Waals surface area contributed by atoms with Crippen LogP contribution in [-0.2, 0) is 0 Å². The Kier molecular flexibility index (Phi) is 2.83. The number of aromatic nitrogens is 2. The molecule has 0 saturated heterocycles. The molecule has 1 aromatic carbocycles. The Hall–Kier alpha value is -2.54. The molecule has 0 aliphatic heterocycles. The number of nitro benzene ring substituents is 1. The average Bonchev–Trinajstić information content (AvgIpc) is 2.82. The number of benzene rings is 1. The predicted molar refractivity (Wildman–Crippen MR) is 76.2 cm³/mol. The Morgan fingerprint density at radius 1 is 1.35 bits per heavy atom. The first-order valence-electron chi connectivity index (χ1n) is 5.79. The van der Waals surface area contributed by atoms with Crippen LogP contribution in [0.5, 0.6) is 0 Å². The van der Waals surface area contributed by atoms with Crippen molar-refractivity contribution in [1.82, 2.24) is 9.38 Å². The van der Waals surface area contributed by atoms with Gasteiger partial charge in [0.05, 0.1) is 10.6 Å². The summed E-state index contributed by atoms with van der Waals surface area (Å²) in [5.41, 5.74) is 2.02. The molecular formula is C13H9N3O3S. The van der Waals surface area contributed by atoms with Crippen LogP contribution in [0.4, 0.5) is 5.69 Å². The molecule has 6 nitrogen and oxygen atoms in total. The molecule has 0 bridgehead atoms. The highest BCUT2D eigenvalue weighted by Gasteiger charge is 2.12. The molecule has 0 radical (unpaired) electrons. The maximum Gasteiger partial charge on any atom is 0.274 e. The van der Waals surface area contributed by atoms with Crippen molar-refractivity contribution in [3.8, 4) is 11.3 Å². The van der Waals surface area contributed by atoms with Gasteiger partial charge >= 0.3 is 0 Å². The predicted octanol–water partition coefficient (Wildman–Crippen LogP) is 2.64. The summed E-state index contributed by atoms with van der Waals surface area (Å²) in [6, 6.07) is 7.84. The Morgan fingerprint density at radius 3 is 2.90 bits per heavy atom. The second kappa shape index (κ2) is 4.53. The maximum absolute atomic E-state index is 11.4. The van der Waals surface area contributed by atoms with E-state index in [9.17, 15) is 14.9 Å². The number of non-ortho nitro benzene ring substituents is 1. The molecule has 100 valence electrons. The van der Waals surface area contributed by atoms with Gasteiger partial charge in [-0.15, -0.1) is 11.3 Å². The van der Waals surface area contributed by atoms with Crippen molar-refractivity contribution in [3.63, 3.8) is 0 Å². The van der Waals surface area contributed by atoms with Crippen molar-refractivity contribution in [2.75, 3.05) is 0 Å². The Labute approximate surface area is 117 Å². The number of hydrogen-bond donors (Lipinski definition) is 0. The van der Waals surface area contributed by atoms with Crippen molar-refractivity contribution < 1.29 is 4.92 Å². The highest BCUT2D eigenvalue weighted by atomic mass is 32.1. The summed E-state index contributed by atoms with van der Waals surface area (Å²) in [5, 5.41) is 12.7. The minimum atomic E-state index is -0.427. The van der Waals surface area contributed by atoms with E-state index in [0.717, 1.165) is 17.0 Å². The number of aryl methyl sites for hydroxylation is 1. The zero-order valence-electron chi connectivity index (χ0n) is 10.4. The lowest BCUT2D eigenvalue weighted by molar-refractivity contribution is -0.384. The first-order chi connectivity index (χ1) is 9.56. The zero-order valence-corrected chi connectivity index (χ0v) is 11.3. The molecule has 3 rings (SSSR count). The van der Waals surface area contributed by atoms with Crippen LogP contribution in [0.25, 0.3) is 16.2 Å². The summed E-state index contributed by atoms with van der Waals surface area (Å²) in [6.07, 6.45) is 0. The third-order valence-corrected chi connectivity index (χ3v) is 3.78. The van der Waals surface area contributed by atoms with Gasteiger partial charge in [-0.3, -0.25) is 19.3 Å². The molecule has 7 heteroatoms. The number of hydrogen-bond acceptors (Lipinski definition) is 5. The molecule has 0 spiro atoms. The van der Waals surface area contributed by atoms with Gasteiger partial charge in [0.1, 0.15) is 0 Å². The lowest BCUT2D eigenvalue weighted by Gasteiger charge is -2.04. The molecule has 2 heterocycles. The van der Waals surface area contributed by atoms with Gasteiger partial charge in [0.15, 0.2) is 4.96 Å². The fourth-order valence-electron chi connectivity index (χ4n) is 2.08. The van der Waals surface area contributed by atoms with Crippen LogP contribution >= 0.6 is 11.3 Å². The molecule has 0 unspecified atom stereocenters. The standard InChI is InChI=1S/C13H9N3O3S/c1-8-5-12(17)14-13-15(8)11(7-20-13)9-3-2-4-10(6-9)16(18)19/h2-7H,1H3. The van der Waals surface area contributed by atoms with E-state index in [1.54, 1.807) is 12.1 Å². The summed E-state index contributed by atoms with van der Waals surface area (Å²) in [5.74, 6) is 0. The van der Waals surface area contributed by atoms with E-state index < -0.39 is 4.92 Å². The number of fused-ring (bicyclic) bond motifs is 1. The quantitative estimate of drug-likeness (QED) is 0.536. The molecule has 2 aromatic heterocycles. The topological polar surface area (TPSA) is 77.5 Å². The summed E-state index contributed by atoms with van der Waals surface area (Å²) in [4.78, 5) is 26.3. The van der Waals surface area contributed by atoms with Crippen LogP contribution < -0.4 is 5.56 Å². The second-order valence-electron chi connectivity index (χ2n) is 4.28. The maximum atomic E-state index is 11.4. The molecule has 0 amide bonds. The first kappa shape index (κ1) is 12.5. The summed E-state index contributed by atoms with van der Waals surface area (Å²) in [6.45, 7) is 1.81. The number of nitrogens with zero attached hydrogens (tertiary/aromatic N) is 3. The number of rotatable bonds is 2. The normalized spacial score (nSPS) is 10.8. The average molecular weight is 287 g/mol. The monoisotopic (exact) mass is 287 g/mol. The van der Waals surface area contributed by atoms with E-state index in [1.807, 2.05) is 16.7 Å². The third kappa shape index (κ3) is 1.97. The van der Waals surface area contributed by atoms with E-state index in [2.05, 4.69) is 4.98 Å². The SMILES string of the molecule is Cc1cc(=O)nc2scc(-c3cccc([N+](=O)[O-])c3)n12. The lowest BCUT2D eigenvalue weighted by Crippen LogP contribution is -2.08. The van der Waals surface area contributed by atoms with Crippen molar-refractivity contribution >= 4 is 22.0 Å². The third-order valence-electron chi connectivity index (χ3n) is 2.95. The Bertz CT molecular complexity index is 882. The van der Waals surface area contributed by atoms with Gasteiger partial charge in [0.2, 0.25) is 0 Å². The van der Waals surface area contributed by atoms with E-state index >= 15 is 0 Å². The fraction of sp³-hybridized carbons (Fsp3) is 0.0769. The molecule has 0 aliphatic rings. The lowest BCUT2D eigenvalue weighted by atomic mass is 10.1. The van der Waals surface area contributed by atoms with Gasteiger partial charge in [-0.25, -0.2) is 0 Å². The number of thiazole rings is 1. The van der Waals surface area contributed by atoms with Crippen molar-refractivity contribution in [2.24, 2.45) is 0 Å². The molecular weight excluding hydrogens is 278 g/mol. The Morgan fingerprint density at radius 2 is 2.15 bits per heavy atom. The van der Waals surface area contributed by atoms with E-state index in [4.69, 9.17) is 0 Å². The highest BCUT2D eigenvalue weighted by molar-refractivity contribution is 7.15. The van der Waals surface area contributed by atoms with Gasteiger partial charge in [0.25, 0.3) is 11.2 Å². The molecule has 0 atom stereocenters. The largest absolute Gasteiger partial charge is 0.289 e. The van der Waals surface area contributed by atoms with Gasteiger partial charge in [-0.2, -0.15) is 4.98 Å². The van der Waals surface area contributed by atoms with Crippen LogP contribution in [-0.4, -0.2) is 14.3 Å². The van der Waals surface area contributed by atoms with Crippen molar-refractivity contribution in [3.05, 3.63) is 61.9 Å². The Balaban J connectivity index is 2.27.